The second-order valence-electron chi connectivity index (χ2n) is 5.46. The molecule has 1 nitrogen and oxygen atoms in total. The predicted molar refractivity (Wildman–Crippen MR) is 79.0 cm³/mol. The molecule has 1 aromatic carbocycles. The fourth-order valence-corrected chi connectivity index (χ4v) is 2.82. The van der Waals surface area contributed by atoms with Crippen LogP contribution in [0.5, 0.6) is 0 Å². The Balaban J connectivity index is 2.95. The highest BCUT2D eigenvalue weighted by Crippen LogP contribution is 2.33. The lowest BCUT2D eigenvalue weighted by Gasteiger charge is -2.26. The third-order valence-corrected chi connectivity index (χ3v) is 4.05. The van der Waals surface area contributed by atoms with Crippen molar-refractivity contribution >= 4 is 0 Å². The van der Waals surface area contributed by atoms with Crippen LogP contribution in [-0.2, 0) is 0 Å². The number of rotatable bonds is 7. The van der Waals surface area contributed by atoms with E-state index in [0.29, 0.717) is 11.8 Å². The maximum absolute atomic E-state index is 9.80. The molecule has 0 aliphatic carbocycles. The zero-order valence-corrected chi connectivity index (χ0v) is 12.4. The summed E-state index contributed by atoms with van der Waals surface area (Å²) in [6.45, 7) is 9.04. The van der Waals surface area contributed by atoms with Crippen molar-refractivity contribution in [2.45, 2.75) is 59.3 Å². The molecule has 0 spiro atoms. The number of aliphatic hydroxyl groups excluding tert-OH is 1. The standard InChI is InChI=1S/C17H28O/c1-5-7-8-15(6-2)17(12-18)16-11-13(3)9-10-14(16)4/h9-11,15,17-18H,5-8,12H2,1-4H3/t15-,17-/m0/s1. The number of aryl methyl sites for hydroxylation is 2. The lowest BCUT2D eigenvalue weighted by atomic mass is 9.80. The van der Waals surface area contributed by atoms with E-state index in [-0.39, 0.29) is 6.61 Å². The maximum Gasteiger partial charge on any atom is 0.0502 e. The van der Waals surface area contributed by atoms with E-state index in [9.17, 15) is 5.11 Å². The molecule has 18 heavy (non-hydrogen) atoms. The van der Waals surface area contributed by atoms with Crippen LogP contribution in [0, 0.1) is 19.8 Å². The quantitative estimate of drug-likeness (QED) is 0.748. The van der Waals surface area contributed by atoms with E-state index in [1.54, 1.807) is 0 Å². The molecule has 0 unspecified atom stereocenters. The van der Waals surface area contributed by atoms with E-state index < -0.39 is 0 Å². The van der Waals surface area contributed by atoms with Gasteiger partial charge in [0.15, 0.2) is 0 Å². The number of hydrogen-bond donors (Lipinski definition) is 1. The van der Waals surface area contributed by atoms with E-state index in [4.69, 9.17) is 0 Å². The molecule has 0 aliphatic heterocycles. The van der Waals surface area contributed by atoms with Gasteiger partial charge in [-0.2, -0.15) is 0 Å². The lowest BCUT2D eigenvalue weighted by molar-refractivity contribution is 0.213. The minimum Gasteiger partial charge on any atom is -0.396 e. The molecule has 0 fully saturated rings. The second kappa shape index (κ2) is 7.58. The zero-order chi connectivity index (χ0) is 13.5. The van der Waals surface area contributed by atoms with Gasteiger partial charge >= 0.3 is 0 Å². The molecule has 0 bridgehead atoms. The summed E-state index contributed by atoms with van der Waals surface area (Å²) < 4.78 is 0. The molecule has 0 heterocycles. The molecule has 1 heteroatoms. The summed E-state index contributed by atoms with van der Waals surface area (Å²) in [6, 6.07) is 6.59. The van der Waals surface area contributed by atoms with Crippen molar-refractivity contribution in [3.63, 3.8) is 0 Å². The molecule has 0 saturated carbocycles. The van der Waals surface area contributed by atoms with Crippen LogP contribution in [0.3, 0.4) is 0 Å². The van der Waals surface area contributed by atoms with Gasteiger partial charge in [-0.05, 0) is 37.3 Å². The van der Waals surface area contributed by atoms with Crippen molar-refractivity contribution in [3.05, 3.63) is 34.9 Å². The fraction of sp³-hybridized carbons (Fsp3) is 0.647. The smallest absolute Gasteiger partial charge is 0.0502 e. The van der Waals surface area contributed by atoms with Crippen molar-refractivity contribution in [1.29, 1.82) is 0 Å². The van der Waals surface area contributed by atoms with Crippen molar-refractivity contribution in [2.75, 3.05) is 6.61 Å². The zero-order valence-electron chi connectivity index (χ0n) is 12.4. The van der Waals surface area contributed by atoms with Crippen molar-refractivity contribution in [2.24, 2.45) is 5.92 Å². The van der Waals surface area contributed by atoms with Gasteiger partial charge in [-0.15, -0.1) is 0 Å². The predicted octanol–water partition coefficient (Wildman–Crippen LogP) is 4.60. The van der Waals surface area contributed by atoms with Crippen LogP contribution in [0.15, 0.2) is 18.2 Å². The largest absolute Gasteiger partial charge is 0.396 e. The minimum atomic E-state index is 0.270. The van der Waals surface area contributed by atoms with Crippen LogP contribution < -0.4 is 0 Å². The van der Waals surface area contributed by atoms with Gasteiger partial charge in [-0.25, -0.2) is 0 Å². The molecule has 0 radical (unpaired) electrons. The third-order valence-electron chi connectivity index (χ3n) is 4.05. The summed E-state index contributed by atoms with van der Waals surface area (Å²) in [5.74, 6) is 0.914. The van der Waals surface area contributed by atoms with Gasteiger partial charge in [0.05, 0.1) is 6.61 Å². The maximum atomic E-state index is 9.80. The van der Waals surface area contributed by atoms with Gasteiger partial charge in [0.25, 0.3) is 0 Å². The van der Waals surface area contributed by atoms with Gasteiger partial charge < -0.3 is 5.11 Å². The molecular weight excluding hydrogens is 220 g/mol. The minimum absolute atomic E-state index is 0.270. The lowest BCUT2D eigenvalue weighted by Crippen LogP contribution is -2.17. The van der Waals surface area contributed by atoms with Crippen LogP contribution in [0.25, 0.3) is 0 Å². The van der Waals surface area contributed by atoms with Gasteiger partial charge in [-0.3, -0.25) is 0 Å². The molecule has 0 saturated heterocycles. The Kier molecular flexibility index (Phi) is 6.42. The number of hydrogen-bond acceptors (Lipinski definition) is 1. The average molecular weight is 248 g/mol. The summed E-state index contributed by atoms with van der Waals surface area (Å²) in [5, 5.41) is 9.80. The Morgan fingerprint density at radius 1 is 1.17 bits per heavy atom. The van der Waals surface area contributed by atoms with Crippen LogP contribution in [0.2, 0.25) is 0 Å². The Morgan fingerprint density at radius 3 is 2.44 bits per heavy atom. The summed E-state index contributed by atoms with van der Waals surface area (Å²) in [6.07, 6.45) is 4.88. The molecule has 1 aromatic rings. The molecule has 0 amide bonds. The summed E-state index contributed by atoms with van der Waals surface area (Å²) in [7, 11) is 0. The second-order valence-corrected chi connectivity index (χ2v) is 5.46. The van der Waals surface area contributed by atoms with Crippen LogP contribution in [0.4, 0.5) is 0 Å². The molecule has 1 N–H and O–H groups in total. The first-order valence-corrected chi connectivity index (χ1v) is 7.32. The first kappa shape index (κ1) is 15.2. The van der Waals surface area contributed by atoms with Crippen molar-refractivity contribution in [1.82, 2.24) is 0 Å². The Morgan fingerprint density at radius 2 is 1.89 bits per heavy atom. The number of aliphatic hydroxyl groups is 1. The highest BCUT2D eigenvalue weighted by molar-refractivity contribution is 5.33. The summed E-state index contributed by atoms with van der Waals surface area (Å²) >= 11 is 0. The summed E-state index contributed by atoms with van der Waals surface area (Å²) in [5.41, 5.74) is 3.95. The van der Waals surface area contributed by atoms with E-state index in [1.165, 1.54) is 36.0 Å². The number of benzene rings is 1. The molecule has 2 atom stereocenters. The number of unbranched alkanes of at least 4 members (excludes halogenated alkanes) is 1. The molecule has 1 rings (SSSR count). The van der Waals surface area contributed by atoms with Crippen molar-refractivity contribution in [3.8, 4) is 0 Å². The van der Waals surface area contributed by atoms with E-state index in [0.717, 1.165) is 6.42 Å². The topological polar surface area (TPSA) is 20.2 Å². The van der Waals surface area contributed by atoms with Gasteiger partial charge in [0, 0.05) is 5.92 Å². The van der Waals surface area contributed by atoms with Gasteiger partial charge in [0.2, 0.25) is 0 Å². The Hall–Kier alpha value is -0.820. The van der Waals surface area contributed by atoms with Crippen LogP contribution in [-0.4, -0.2) is 11.7 Å². The van der Waals surface area contributed by atoms with Gasteiger partial charge in [0.1, 0.15) is 0 Å². The monoisotopic (exact) mass is 248 g/mol. The first-order chi connectivity index (χ1) is 8.63. The highest BCUT2D eigenvalue weighted by atomic mass is 16.3. The first-order valence-electron chi connectivity index (χ1n) is 7.32. The molecule has 102 valence electrons. The SMILES string of the molecule is CCCC[C@H](CC)[C@H](CO)c1cc(C)ccc1C. The van der Waals surface area contributed by atoms with Gasteiger partial charge in [-0.1, -0.05) is 56.9 Å². The molecule has 0 aliphatic rings. The van der Waals surface area contributed by atoms with E-state index in [1.807, 2.05) is 0 Å². The third kappa shape index (κ3) is 3.84. The van der Waals surface area contributed by atoms with Crippen molar-refractivity contribution < 1.29 is 5.11 Å². The highest BCUT2D eigenvalue weighted by Gasteiger charge is 2.22. The Bertz CT molecular complexity index is 357. The van der Waals surface area contributed by atoms with Crippen LogP contribution in [0.1, 0.15) is 62.1 Å². The van der Waals surface area contributed by atoms with Crippen LogP contribution >= 0.6 is 0 Å². The Labute approximate surface area is 112 Å². The van der Waals surface area contributed by atoms with E-state index in [2.05, 4.69) is 45.9 Å². The average Bonchev–Trinajstić information content (AvgIpc) is 2.38. The molecule has 0 aromatic heterocycles. The normalized spacial score (nSPS) is 14.5. The fourth-order valence-electron chi connectivity index (χ4n) is 2.82. The molecular formula is C17H28O. The van der Waals surface area contributed by atoms with E-state index >= 15 is 0 Å². The summed E-state index contributed by atoms with van der Waals surface area (Å²) in [4.78, 5) is 0.